The smallest absolute Gasteiger partial charge is 0.120 e. The maximum absolute atomic E-state index is 5.60. The topological polar surface area (TPSA) is 18.5 Å². The summed E-state index contributed by atoms with van der Waals surface area (Å²) in [5.74, 6) is 1.64. The summed E-state index contributed by atoms with van der Waals surface area (Å²) in [5, 5.41) is 0. The first-order valence-electron chi connectivity index (χ1n) is 5.23. The highest BCUT2D eigenvalue weighted by atomic mass is 79.9. The van der Waals surface area contributed by atoms with Gasteiger partial charge in [0.2, 0.25) is 0 Å². The summed E-state index contributed by atoms with van der Waals surface area (Å²) in [6, 6.07) is 4.05. The van der Waals surface area contributed by atoms with Gasteiger partial charge >= 0.3 is 0 Å². The van der Waals surface area contributed by atoms with Crippen LogP contribution >= 0.6 is 28.6 Å². The molecule has 0 amide bonds. The minimum absolute atomic E-state index is 0.578. The molecule has 1 aromatic carbocycles. The van der Waals surface area contributed by atoms with Crippen molar-refractivity contribution in [1.29, 1.82) is 0 Å². The van der Waals surface area contributed by atoms with Crippen molar-refractivity contribution in [1.82, 2.24) is 0 Å². The maximum Gasteiger partial charge on any atom is 0.120 e. The molecule has 0 fully saturated rings. The van der Waals surface area contributed by atoms with Gasteiger partial charge in [0.1, 0.15) is 12.4 Å². The number of halogens is 1. The zero-order chi connectivity index (χ0) is 12.0. The number of ether oxygens (including phenoxy) is 2. The lowest BCUT2D eigenvalue weighted by Gasteiger charge is -2.10. The van der Waals surface area contributed by atoms with Crippen LogP contribution in [0.25, 0.3) is 0 Å². The fraction of sp³-hybridized carbons (Fsp3) is 0.500. The predicted octanol–water partition coefficient (Wildman–Crippen LogP) is 3.39. The van der Waals surface area contributed by atoms with E-state index in [9.17, 15) is 0 Å². The van der Waals surface area contributed by atoms with Crippen LogP contribution in [0.1, 0.15) is 11.1 Å². The Balaban J connectivity index is 2.43. The highest BCUT2D eigenvalue weighted by Crippen LogP contribution is 2.26. The van der Waals surface area contributed by atoms with E-state index in [0.29, 0.717) is 19.8 Å². The van der Waals surface area contributed by atoms with Crippen LogP contribution in [0.2, 0.25) is 0 Å². The Hall–Kier alpha value is -0.190. The Bertz CT molecular complexity index is 319. The van der Waals surface area contributed by atoms with Crippen molar-refractivity contribution < 1.29 is 9.47 Å². The van der Waals surface area contributed by atoms with Gasteiger partial charge in [0.15, 0.2) is 0 Å². The lowest BCUT2D eigenvalue weighted by atomic mass is 10.1. The van der Waals surface area contributed by atoms with Gasteiger partial charge < -0.3 is 9.47 Å². The highest BCUT2D eigenvalue weighted by Gasteiger charge is 2.02. The Morgan fingerprint density at radius 1 is 1.12 bits per heavy atom. The van der Waals surface area contributed by atoms with Crippen LogP contribution in [-0.4, -0.2) is 25.6 Å². The number of aryl methyl sites for hydroxylation is 2. The average molecular weight is 305 g/mol. The minimum Gasteiger partial charge on any atom is -0.491 e. The Kier molecular flexibility index (Phi) is 6.24. The number of benzene rings is 1. The van der Waals surface area contributed by atoms with E-state index in [1.54, 1.807) is 0 Å². The van der Waals surface area contributed by atoms with Crippen LogP contribution in [-0.2, 0) is 4.74 Å². The van der Waals surface area contributed by atoms with Crippen LogP contribution in [0.3, 0.4) is 0 Å². The summed E-state index contributed by atoms with van der Waals surface area (Å²) < 4.78 is 12.0. The van der Waals surface area contributed by atoms with Gasteiger partial charge in [-0.3, -0.25) is 0 Å². The zero-order valence-electron chi connectivity index (χ0n) is 9.62. The van der Waals surface area contributed by atoms with Gasteiger partial charge in [-0.15, -0.1) is 0 Å². The molecule has 0 aliphatic rings. The summed E-state index contributed by atoms with van der Waals surface area (Å²) in [6.45, 7) is 5.97. The number of thiol groups is 1. The molecule has 0 unspecified atom stereocenters. The molecule has 90 valence electrons. The normalized spacial score (nSPS) is 10.5. The molecule has 0 aromatic heterocycles. The van der Waals surface area contributed by atoms with Gasteiger partial charge in [-0.2, -0.15) is 12.6 Å². The third kappa shape index (κ3) is 4.36. The SMILES string of the molecule is Cc1cc(OCCOCCS)cc(C)c1Br. The minimum atomic E-state index is 0.578. The molecule has 0 saturated heterocycles. The van der Waals surface area contributed by atoms with E-state index >= 15 is 0 Å². The summed E-state index contributed by atoms with van der Waals surface area (Å²) in [7, 11) is 0. The molecule has 0 atom stereocenters. The molecule has 1 aromatic rings. The maximum atomic E-state index is 5.60. The van der Waals surface area contributed by atoms with E-state index in [4.69, 9.17) is 9.47 Å². The first kappa shape index (κ1) is 13.9. The summed E-state index contributed by atoms with van der Waals surface area (Å²) >= 11 is 7.59. The second-order valence-corrected chi connectivity index (χ2v) is 4.80. The van der Waals surface area contributed by atoms with Crippen LogP contribution in [0.15, 0.2) is 16.6 Å². The first-order valence-corrected chi connectivity index (χ1v) is 6.66. The van der Waals surface area contributed by atoms with Crippen molar-refractivity contribution in [3.05, 3.63) is 27.7 Å². The van der Waals surface area contributed by atoms with Crippen LogP contribution in [0.5, 0.6) is 5.75 Å². The van der Waals surface area contributed by atoms with Gasteiger partial charge in [-0.25, -0.2) is 0 Å². The molecule has 16 heavy (non-hydrogen) atoms. The molecule has 2 nitrogen and oxygen atoms in total. The highest BCUT2D eigenvalue weighted by molar-refractivity contribution is 9.10. The number of hydrogen-bond acceptors (Lipinski definition) is 3. The molecule has 0 aliphatic heterocycles. The second kappa shape index (κ2) is 7.20. The van der Waals surface area contributed by atoms with Crippen molar-refractivity contribution in [2.45, 2.75) is 13.8 Å². The van der Waals surface area contributed by atoms with E-state index in [1.807, 2.05) is 12.1 Å². The van der Waals surface area contributed by atoms with Gasteiger partial charge in [0.25, 0.3) is 0 Å². The van der Waals surface area contributed by atoms with E-state index in [-0.39, 0.29) is 0 Å². The molecule has 0 saturated carbocycles. The van der Waals surface area contributed by atoms with Crippen molar-refractivity contribution in [2.75, 3.05) is 25.6 Å². The number of hydrogen-bond donors (Lipinski definition) is 1. The molecule has 1 rings (SSSR count). The molecule has 0 spiro atoms. The van der Waals surface area contributed by atoms with Crippen LogP contribution in [0, 0.1) is 13.8 Å². The van der Waals surface area contributed by atoms with Gasteiger partial charge in [-0.1, -0.05) is 15.9 Å². The largest absolute Gasteiger partial charge is 0.491 e. The van der Waals surface area contributed by atoms with Gasteiger partial charge in [0, 0.05) is 10.2 Å². The van der Waals surface area contributed by atoms with E-state index < -0.39 is 0 Å². The lowest BCUT2D eigenvalue weighted by molar-refractivity contribution is 0.112. The molecule has 0 radical (unpaired) electrons. The monoisotopic (exact) mass is 304 g/mol. The van der Waals surface area contributed by atoms with Crippen LogP contribution < -0.4 is 4.74 Å². The summed E-state index contributed by atoms with van der Waals surface area (Å²) in [6.07, 6.45) is 0. The lowest BCUT2D eigenvalue weighted by Crippen LogP contribution is -2.08. The fourth-order valence-electron chi connectivity index (χ4n) is 1.37. The predicted molar refractivity (Wildman–Crippen MR) is 73.8 cm³/mol. The van der Waals surface area contributed by atoms with Gasteiger partial charge in [-0.05, 0) is 37.1 Å². The molecule has 4 heteroatoms. The van der Waals surface area contributed by atoms with E-state index in [0.717, 1.165) is 16.0 Å². The zero-order valence-corrected chi connectivity index (χ0v) is 12.1. The van der Waals surface area contributed by atoms with Crippen LogP contribution in [0.4, 0.5) is 0 Å². The summed E-state index contributed by atoms with van der Waals surface area (Å²) in [5.41, 5.74) is 2.37. The molecule has 0 bridgehead atoms. The van der Waals surface area contributed by atoms with E-state index in [1.165, 1.54) is 11.1 Å². The molecular weight excluding hydrogens is 288 g/mol. The number of rotatable bonds is 6. The Morgan fingerprint density at radius 2 is 1.75 bits per heavy atom. The quantitative estimate of drug-likeness (QED) is 0.641. The van der Waals surface area contributed by atoms with Crippen molar-refractivity contribution >= 4 is 28.6 Å². The standard InChI is InChI=1S/C12H17BrO2S/c1-9-7-11(8-10(2)12(9)13)15-4-3-14-5-6-16/h7-8,16H,3-6H2,1-2H3. The third-order valence-electron chi connectivity index (χ3n) is 2.14. The first-order chi connectivity index (χ1) is 7.65. The fourth-order valence-corrected chi connectivity index (χ4v) is 1.73. The van der Waals surface area contributed by atoms with Crippen molar-refractivity contribution in [3.63, 3.8) is 0 Å². The summed E-state index contributed by atoms with van der Waals surface area (Å²) in [4.78, 5) is 0. The Morgan fingerprint density at radius 3 is 2.31 bits per heavy atom. The average Bonchev–Trinajstić information content (AvgIpc) is 2.25. The van der Waals surface area contributed by atoms with Crippen molar-refractivity contribution in [2.24, 2.45) is 0 Å². The molecule has 0 aliphatic carbocycles. The second-order valence-electron chi connectivity index (χ2n) is 3.56. The van der Waals surface area contributed by atoms with Gasteiger partial charge in [0.05, 0.1) is 13.2 Å². The van der Waals surface area contributed by atoms with E-state index in [2.05, 4.69) is 42.4 Å². The molecular formula is C12H17BrO2S. The Labute approximate surface area is 111 Å². The molecule has 0 N–H and O–H groups in total. The molecule has 0 heterocycles. The van der Waals surface area contributed by atoms with Crippen molar-refractivity contribution in [3.8, 4) is 5.75 Å². The third-order valence-corrected chi connectivity index (χ3v) is 3.58.